The van der Waals surface area contributed by atoms with E-state index >= 15 is 0 Å². The topological polar surface area (TPSA) is 29.5 Å². The van der Waals surface area contributed by atoms with Crippen molar-refractivity contribution in [1.82, 2.24) is 4.90 Å². The maximum absolute atomic E-state index is 11.1. The molecule has 1 amide bonds. The summed E-state index contributed by atoms with van der Waals surface area (Å²) in [7, 11) is 3.29. The Morgan fingerprint density at radius 1 is 1.36 bits per heavy atom. The molecule has 0 aliphatic heterocycles. The van der Waals surface area contributed by atoms with E-state index in [1.807, 2.05) is 12.1 Å². The van der Waals surface area contributed by atoms with Crippen molar-refractivity contribution in [3.8, 4) is 0 Å². The summed E-state index contributed by atoms with van der Waals surface area (Å²) in [6, 6.07) is 7.18. The molecule has 1 rings (SSSR count). The van der Waals surface area contributed by atoms with Crippen molar-refractivity contribution < 1.29 is 9.53 Å². The van der Waals surface area contributed by atoms with E-state index < -0.39 is 0 Å². The Labute approximate surface area is 88.2 Å². The molecule has 4 heteroatoms. The summed E-state index contributed by atoms with van der Waals surface area (Å²) < 4.78 is 4.97. The highest BCUT2D eigenvalue weighted by molar-refractivity contribution is 6.30. The van der Waals surface area contributed by atoms with Crippen LogP contribution in [0.5, 0.6) is 0 Å². The maximum atomic E-state index is 11.1. The van der Waals surface area contributed by atoms with Gasteiger partial charge in [-0.1, -0.05) is 23.7 Å². The summed E-state index contributed by atoms with van der Waals surface area (Å²) >= 11 is 5.71. The van der Waals surface area contributed by atoms with E-state index in [0.29, 0.717) is 5.02 Å². The van der Waals surface area contributed by atoms with Crippen molar-refractivity contribution in [2.24, 2.45) is 0 Å². The number of benzene rings is 1. The summed E-state index contributed by atoms with van der Waals surface area (Å²) in [6.07, 6.45) is -0.347. The number of nitrogens with zero attached hydrogens (tertiary/aromatic N) is 1. The minimum absolute atomic E-state index is 0.272. The largest absolute Gasteiger partial charge is 0.445 e. The molecule has 0 aromatic heterocycles. The monoisotopic (exact) mass is 213 g/mol. The van der Waals surface area contributed by atoms with Crippen LogP contribution in [-0.4, -0.2) is 25.1 Å². The second-order valence-electron chi connectivity index (χ2n) is 3.08. The molecule has 3 nitrogen and oxygen atoms in total. The SMILES string of the molecule is CN(C)C(=O)OCc1ccc(Cl)cc1. The van der Waals surface area contributed by atoms with Crippen LogP contribution in [0.2, 0.25) is 5.02 Å². The molecular formula is C10H12ClNO2. The maximum Gasteiger partial charge on any atom is 0.409 e. The van der Waals surface area contributed by atoms with Crippen LogP contribution in [0.4, 0.5) is 4.79 Å². The van der Waals surface area contributed by atoms with Crippen LogP contribution in [0, 0.1) is 0 Å². The van der Waals surface area contributed by atoms with Gasteiger partial charge in [0, 0.05) is 19.1 Å². The fraction of sp³-hybridized carbons (Fsp3) is 0.300. The Morgan fingerprint density at radius 3 is 2.43 bits per heavy atom. The van der Waals surface area contributed by atoms with Gasteiger partial charge in [-0.15, -0.1) is 0 Å². The zero-order valence-electron chi connectivity index (χ0n) is 8.16. The second kappa shape index (κ2) is 4.86. The first-order valence-electron chi connectivity index (χ1n) is 4.18. The van der Waals surface area contributed by atoms with Crippen LogP contribution in [0.15, 0.2) is 24.3 Å². The zero-order valence-corrected chi connectivity index (χ0v) is 8.91. The van der Waals surface area contributed by atoms with Crippen LogP contribution in [0.3, 0.4) is 0 Å². The van der Waals surface area contributed by atoms with Gasteiger partial charge in [0.2, 0.25) is 0 Å². The average molecular weight is 214 g/mol. The zero-order chi connectivity index (χ0) is 10.6. The quantitative estimate of drug-likeness (QED) is 0.756. The van der Waals surface area contributed by atoms with Crippen LogP contribution < -0.4 is 0 Å². The van der Waals surface area contributed by atoms with Crippen LogP contribution in [0.25, 0.3) is 0 Å². The molecule has 0 radical (unpaired) electrons. The van der Waals surface area contributed by atoms with E-state index in [0.717, 1.165) is 5.56 Å². The summed E-state index contributed by atoms with van der Waals surface area (Å²) in [4.78, 5) is 12.4. The molecular weight excluding hydrogens is 202 g/mol. The Kier molecular flexibility index (Phi) is 3.77. The van der Waals surface area contributed by atoms with Crippen molar-refractivity contribution in [1.29, 1.82) is 0 Å². The fourth-order valence-electron chi connectivity index (χ4n) is 0.855. The van der Waals surface area contributed by atoms with Gasteiger partial charge in [0.15, 0.2) is 0 Å². The molecule has 0 saturated heterocycles. The number of halogens is 1. The van der Waals surface area contributed by atoms with Gasteiger partial charge in [0.1, 0.15) is 6.61 Å². The van der Waals surface area contributed by atoms with Gasteiger partial charge in [-0.2, -0.15) is 0 Å². The Bertz CT molecular complexity index is 308. The lowest BCUT2D eigenvalue weighted by molar-refractivity contribution is 0.112. The van der Waals surface area contributed by atoms with Gasteiger partial charge in [0.25, 0.3) is 0 Å². The van der Waals surface area contributed by atoms with E-state index in [1.54, 1.807) is 26.2 Å². The molecule has 0 heterocycles. The second-order valence-corrected chi connectivity index (χ2v) is 3.51. The first-order valence-corrected chi connectivity index (χ1v) is 4.56. The highest BCUT2D eigenvalue weighted by Crippen LogP contribution is 2.10. The lowest BCUT2D eigenvalue weighted by Gasteiger charge is -2.10. The lowest BCUT2D eigenvalue weighted by Crippen LogP contribution is -2.22. The molecule has 1 aromatic rings. The van der Waals surface area contributed by atoms with E-state index in [1.165, 1.54) is 4.90 Å². The molecule has 0 aliphatic carbocycles. The van der Waals surface area contributed by atoms with Crippen molar-refractivity contribution >= 4 is 17.7 Å². The molecule has 0 N–H and O–H groups in total. The summed E-state index contributed by atoms with van der Waals surface area (Å²) in [5.41, 5.74) is 0.921. The number of rotatable bonds is 2. The van der Waals surface area contributed by atoms with E-state index in [2.05, 4.69) is 0 Å². The van der Waals surface area contributed by atoms with Gasteiger partial charge < -0.3 is 9.64 Å². The molecule has 14 heavy (non-hydrogen) atoms. The molecule has 0 bridgehead atoms. The molecule has 0 fully saturated rings. The van der Waals surface area contributed by atoms with E-state index in [9.17, 15) is 4.79 Å². The molecule has 0 spiro atoms. The Balaban J connectivity index is 2.46. The van der Waals surface area contributed by atoms with Crippen molar-refractivity contribution in [2.45, 2.75) is 6.61 Å². The smallest absolute Gasteiger partial charge is 0.409 e. The third-order valence-corrected chi connectivity index (χ3v) is 1.89. The van der Waals surface area contributed by atoms with Crippen molar-refractivity contribution in [3.63, 3.8) is 0 Å². The van der Waals surface area contributed by atoms with Crippen LogP contribution in [-0.2, 0) is 11.3 Å². The Morgan fingerprint density at radius 2 is 1.93 bits per heavy atom. The summed E-state index contributed by atoms with van der Waals surface area (Å²) in [5, 5.41) is 0.674. The molecule has 0 aliphatic rings. The van der Waals surface area contributed by atoms with Crippen molar-refractivity contribution in [3.05, 3.63) is 34.9 Å². The van der Waals surface area contributed by atoms with E-state index in [4.69, 9.17) is 16.3 Å². The van der Waals surface area contributed by atoms with Gasteiger partial charge in [0.05, 0.1) is 0 Å². The lowest BCUT2D eigenvalue weighted by atomic mass is 10.2. The van der Waals surface area contributed by atoms with Gasteiger partial charge in [-0.25, -0.2) is 4.79 Å². The number of carbonyl (C=O) groups excluding carboxylic acids is 1. The van der Waals surface area contributed by atoms with E-state index in [-0.39, 0.29) is 12.7 Å². The highest BCUT2D eigenvalue weighted by atomic mass is 35.5. The molecule has 0 saturated carbocycles. The molecule has 0 atom stereocenters. The number of amides is 1. The number of hydrogen-bond acceptors (Lipinski definition) is 2. The number of ether oxygens (including phenoxy) is 1. The molecule has 76 valence electrons. The van der Waals surface area contributed by atoms with Crippen LogP contribution >= 0.6 is 11.6 Å². The number of carbonyl (C=O) groups is 1. The average Bonchev–Trinajstić information content (AvgIpc) is 2.16. The van der Waals surface area contributed by atoms with Crippen molar-refractivity contribution in [2.75, 3.05) is 14.1 Å². The fourth-order valence-corrected chi connectivity index (χ4v) is 0.981. The minimum atomic E-state index is -0.347. The third kappa shape index (κ3) is 3.26. The molecule has 1 aromatic carbocycles. The van der Waals surface area contributed by atoms with Gasteiger partial charge in [-0.05, 0) is 17.7 Å². The predicted molar refractivity (Wildman–Crippen MR) is 55.3 cm³/mol. The first-order chi connectivity index (χ1) is 6.59. The van der Waals surface area contributed by atoms with Gasteiger partial charge >= 0.3 is 6.09 Å². The predicted octanol–water partition coefficient (Wildman–Crippen LogP) is 2.54. The summed E-state index contributed by atoms with van der Waals surface area (Å²) in [5.74, 6) is 0. The number of hydrogen-bond donors (Lipinski definition) is 0. The van der Waals surface area contributed by atoms with Gasteiger partial charge in [-0.3, -0.25) is 0 Å². The first kappa shape index (κ1) is 10.9. The Hall–Kier alpha value is -1.22. The molecule has 0 unspecified atom stereocenters. The highest BCUT2D eigenvalue weighted by Gasteiger charge is 2.04. The van der Waals surface area contributed by atoms with Crippen LogP contribution in [0.1, 0.15) is 5.56 Å². The normalized spacial score (nSPS) is 9.64. The third-order valence-electron chi connectivity index (χ3n) is 1.64. The standard InChI is InChI=1S/C10H12ClNO2/c1-12(2)10(13)14-7-8-3-5-9(11)6-4-8/h3-6H,7H2,1-2H3. The summed E-state index contributed by atoms with van der Waals surface area (Å²) in [6.45, 7) is 0.272. The minimum Gasteiger partial charge on any atom is -0.445 e.